The van der Waals surface area contributed by atoms with E-state index in [-0.39, 0.29) is 25.6 Å². The maximum Gasteiger partial charge on any atom is 0.306 e. The summed E-state index contributed by atoms with van der Waals surface area (Å²) in [6.07, 6.45) is 13.0. The van der Waals surface area contributed by atoms with Crippen molar-refractivity contribution < 1.29 is 69.0 Å². The summed E-state index contributed by atoms with van der Waals surface area (Å²) in [6, 6.07) is 0. The van der Waals surface area contributed by atoms with Crippen molar-refractivity contribution >= 4 is 5.97 Å². The fraction of sp³-hybridized carbons (Fsp3) is 0.930. The van der Waals surface area contributed by atoms with Crippen LogP contribution < -0.4 is 0 Å². The first kappa shape index (κ1) is 51.9. The van der Waals surface area contributed by atoms with E-state index in [9.17, 15) is 40.5 Å². The van der Waals surface area contributed by atoms with E-state index in [0.717, 1.165) is 57.8 Å². The first-order valence-electron chi connectivity index (χ1n) is 22.3. The number of rotatable bonds is 34. The summed E-state index contributed by atoms with van der Waals surface area (Å²) < 4.78 is 34.0. The Morgan fingerprint density at radius 2 is 1.04 bits per heavy atom. The molecule has 2 heterocycles. The minimum atomic E-state index is -1.70. The van der Waals surface area contributed by atoms with Crippen LogP contribution in [0.3, 0.4) is 0 Å². The Bertz CT molecular complexity index is 1000. The molecule has 11 unspecified atom stereocenters. The Labute approximate surface area is 342 Å². The van der Waals surface area contributed by atoms with Crippen LogP contribution in [0.4, 0.5) is 0 Å². The number of aliphatic hydroxyl groups excluding tert-OH is 7. The van der Waals surface area contributed by atoms with E-state index in [1.54, 1.807) is 0 Å². The van der Waals surface area contributed by atoms with Crippen LogP contribution in [0.2, 0.25) is 0 Å². The van der Waals surface area contributed by atoms with Gasteiger partial charge in [0.15, 0.2) is 12.6 Å². The molecular weight excluding hydrogens is 740 g/mol. The van der Waals surface area contributed by atoms with E-state index < -0.39 is 80.7 Å². The van der Waals surface area contributed by atoms with Gasteiger partial charge < -0.3 is 64.2 Å². The maximum atomic E-state index is 12.9. The average molecular weight is 821 g/mol. The van der Waals surface area contributed by atoms with E-state index in [1.165, 1.54) is 70.6 Å². The average Bonchev–Trinajstić information content (AvgIpc) is 3.20. The van der Waals surface area contributed by atoms with Gasteiger partial charge in [-0.2, -0.15) is 0 Å². The van der Waals surface area contributed by atoms with Crippen molar-refractivity contribution in [1.82, 2.24) is 0 Å². The van der Waals surface area contributed by atoms with Gasteiger partial charge >= 0.3 is 5.97 Å². The third kappa shape index (κ3) is 21.7. The van der Waals surface area contributed by atoms with E-state index in [2.05, 4.69) is 26.0 Å². The van der Waals surface area contributed by atoms with Crippen LogP contribution in [0, 0.1) is 0 Å². The van der Waals surface area contributed by atoms with Crippen molar-refractivity contribution in [2.75, 3.05) is 33.0 Å². The molecule has 2 saturated heterocycles. The summed E-state index contributed by atoms with van der Waals surface area (Å²) in [5, 5.41) is 71.7. The number of ether oxygens (including phenoxy) is 6. The molecule has 0 radical (unpaired) electrons. The molecule has 0 aromatic heterocycles. The van der Waals surface area contributed by atoms with Crippen LogP contribution in [0.25, 0.3) is 0 Å². The number of allylic oxidation sites excluding steroid dienone is 2. The molecule has 11 atom stereocenters. The number of esters is 1. The smallest absolute Gasteiger partial charge is 0.306 e. The zero-order valence-corrected chi connectivity index (χ0v) is 35.1. The topological polar surface area (TPSA) is 214 Å². The molecule has 0 amide bonds. The summed E-state index contributed by atoms with van der Waals surface area (Å²) in [5.41, 5.74) is 0. The summed E-state index contributed by atoms with van der Waals surface area (Å²) in [6.45, 7) is 3.62. The third-order valence-corrected chi connectivity index (χ3v) is 10.8. The summed E-state index contributed by atoms with van der Waals surface area (Å²) in [4.78, 5) is 12.9. The quantitative estimate of drug-likeness (QED) is 0.0266. The van der Waals surface area contributed by atoms with Crippen LogP contribution in [0.5, 0.6) is 0 Å². The Balaban J connectivity index is 1.79. The zero-order chi connectivity index (χ0) is 41.7. The molecule has 0 aromatic carbocycles. The zero-order valence-electron chi connectivity index (χ0n) is 35.1. The van der Waals surface area contributed by atoms with E-state index in [0.29, 0.717) is 13.0 Å². The Morgan fingerprint density at radius 3 is 1.60 bits per heavy atom. The normalized spacial score (nSPS) is 28.6. The number of unbranched alkanes of at least 4 members (excludes halogenated alkanes) is 18. The summed E-state index contributed by atoms with van der Waals surface area (Å²) in [5.74, 6) is -0.386. The van der Waals surface area contributed by atoms with Gasteiger partial charge in [-0.1, -0.05) is 122 Å². The second kappa shape index (κ2) is 32.5. The minimum absolute atomic E-state index is 0.0612. The highest BCUT2D eigenvalue weighted by molar-refractivity contribution is 5.69. The van der Waals surface area contributed by atoms with Gasteiger partial charge in [-0.3, -0.25) is 4.79 Å². The van der Waals surface area contributed by atoms with Gasteiger partial charge in [0.25, 0.3) is 0 Å². The van der Waals surface area contributed by atoms with Crippen LogP contribution in [-0.2, 0) is 33.2 Å². The lowest BCUT2D eigenvalue weighted by atomic mass is 9.98. The summed E-state index contributed by atoms with van der Waals surface area (Å²) in [7, 11) is 0. The van der Waals surface area contributed by atoms with Crippen LogP contribution in [0.15, 0.2) is 12.2 Å². The highest BCUT2D eigenvalue weighted by atomic mass is 16.7. The fourth-order valence-corrected chi connectivity index (χ4v) is 7.04. The molecule has 7 N–H and O–H groups in total. The van der Waals surface area contributed by atoms with Crippen molar-refractivity contribution in [1.29, 1.82) is 0 Å². The molecule has 14 nitrogen and oxygen atoms in total. The van der Waals surface area contributed by atoms with Crippen LogP contribution in [0.1, 0.15) is 155 Å². The lowest BCUT2D eigenvalue weighted by Gasteiger charge is -2.42. The van der Waals surface area contributed by atoms with Gasteiger partial charge in [0.05, 0.1) is 26.4 Å². The van der Waals surface area contributed by atoms with Crippen LogP contribution in [-0.4, -0.2) is 142 Å². The van der Waals surface area contributed by atoms with Gasteiger partial charge in [-0.25, -0.2) is 0 Å². The molecule has 0 spiro atoms. The molecule has 2 rings (SSSR count). The van der Waals surface area contributed by atoms with Gasteiger partial charge in [0.1, 0.15) is 54.9 Å². The molecule has 0 bridgehead atoms. The first-order valence-corrected chi connectivity index (χ1v) is 22.3. The highest BCUT2D eigenvalue weighted by Crippen LogP contribution is 2.26. The molecular formula is C43H80O14. The van der Waals surface area contributed by atoms with Crippen molar-refractivity contribution in [2.24, 2.45) is 0 Å². The molecule has 0 aromatic rings. The maximum absolute atomic E-state index is 12.9. The highest BCUT2D eigenvalue weighted by Gasteiger charge is 2.47. The second-order valence-corrected chi connectivity index (χ2v) is 15.9. The lowest BCUT2D eigenvalue weighted by molar-refractivity contribution is -0.332. The van der Waals surface area contributed by atoms with Crippen molar-refractivity contribution in [2.45, 2.75) is 223 Å². The predicted molar refractivity (Wildman–Crippen MR) is 215 cm³/mol. The monoisotopic (exact) mass is 821 g/mol. The Kier molecular flexibility index (Phi) is 29.6. The molecule has 2 aliphatic rings. The largest absolute Gasteiger partial charge is 0.457 e. The fourth-order valence-electron chi connectivity index (χ4n) is 7.04. The van der Waals surface area contributed by atoms with Gasteiger partial charge in [-0.05, 0) is 38.5 Å². The lowest BCUT2D eigenvalue weighted by Crippen LogP contribution is -2.61. The number of aliphatic hydroxyl groups is 7. The molecule has 57 heavy (non-hydrogen) atoms. The molecule has 0 saturated carbocycles. The van der Waals surface area contributed by atoms with Gasteiger partial charge in [-0.15, -0.1) is 0 Å². The third-order valence-electron chi connectivity index (χ3n) is 10.8. The standard InChI is InChI=1S/C43H80O14/c1-3-5-7-9-11-12-13-14-15-16-17-18-19-20-22-24-26-35(45)55-32(29-52-27-25-23-21-10-8-6-4-2)30-53-42-41(51)39(49)37(47)34(57-42)31-54-43-40(50)38(48)36(46)33(28-44)56-43/h15-16,32-34,36-44,46-51H,3-14,17-31H2,1-2H3/b16-15-. The summed E-state index contributed by atoms with van der Waals surface area (Å²) >= 11 is 0. The number of hydrogen-bond donors (Lipinski definition) is 7. The number of carbonyl (C=O) groups excluding carboxylic acids is 1. The molecule has 0 aliphatic carbocycles. The van der Waals surface area contributed by atoms with Crippen molar-refractivity contribution in [3.63, 3.8) is 0 Å². The number of hydrogen-bond acceptors (Lipinski definition) is 14. The molecule has 14 heteroatoms. The number of carbonyl (C=O) groups is 1. The minimum Gasteiger partial charge on any atom is -0.457 e. The molecule has 2 aliphatic heterocycles. The van der Waals surface area contributed by atoms with Crippen molar-refractivity contribution in [3.8, 4) is 0 Å². The van der Waals surface area contributed by atoms with E-state index in [1.807, 2.05) is 0 Å². The van der Waals surface area contributed by atoms with Gasteiger partial charge in [0, 0.05) is 13.0 Å². The molecule has 2 fully saturated rings. The first-order chi connectivity index (χ1) is 27.6. The molecule has 336 valence electrons. The van der Waals surface area contributed by atoms with E-state index >= 15 is 0 Å². The Morgan fingerprint density at radius 1 is 0.561 bits per heavy atom. The SMILES string of the molecule is CCCCCCCCC/C=C\CCCCCCCC(=O)OC(COCCCCCCCCC)COC1OC(COC2OC(CO)C(O)C(O)C2O)C(O)C(O)C1O. The second-order valence-electron chi connectivity index (χ2n) is 15.9. The Hall–Kier alpha value is -1.27. The van der Waals surface area contributed by atoms with Gasteiger partial charge in [0.2, 0.25) is 0 Å². The predicted octanol–water partition coefficient (Wildman–Crippen LogP) is 4.73. The van der Waals surface area contributed by atoms with E-state index in [4.69, 9.17) is 28.4 Å². The van der Waals surface area contributed by atoms with Crippen LogP contribution >= 0.6 is 0 Å². The van der Waals surface area contributed by atoms with Crippen molar-refractivity contribution in [3.05, 3.63) is 12.2 Å².